The molecule has 1 heterocycles. The minimum absolute atomic E-state index is 0.118. The van der Waals surface area contributed by atoms with Gasteiger partial charge in [0.15, 0.2) is 0 Å². The van der Waals surface area contributed by atoms with Crippen molar-refractivity contribution in [3.8, 4) is 0 Å². The molecule has 0 radical (unpaired) electrons. The summed E-state index contributed by atoms with van der Waals surface area (Å²) in [6.07, 6.45) is 1.79. The summed E-state index contributed by atoms with van der Waals surface area (Å²) in [5, 5.41) is 13.2. The molecule has 2 amide bonds. The Labute approximate surface area is 120 Å². The van der Waals surface area contributed by atoms with E-state index in [1.54, 1.807) is 18.7 Å². The lowest BCUT2D eigenvalue weighted by molar-refractivity contribution is 0.0117. The van der Waals surface area contributed by atoms with Gasteiger partial charge in [-0.2, -0.15) is 0 Å². The second-order valence-electron chi connectivity index (χ2n) is 6.25. The Balaban J connectivity index is 2.14. The number of carbonyl (C=O) groups is 1. The quantitative estimate of drug-likeness (QED) is 0.872. The molecule has 1 aromatic carbocycles. The molecule has 20 heavy (non-hydrogen) atoms. The molecule has 0 aromatic heterocycles. The van der Waals surface area contributed by atoms with Gasteiger partial charge in [0, 0.05) is 12.2 Å². The number of nitrogens with zero attached hydrogens (tertiary/aromatic N) is 1. The van der Waals surface area contributed by atoms with E-state index in [2.05, 4.69) is 5.32 Å². The van der Waals surface area contributed by atoms with Crippen molar-refractivity contribution in [2.24, 2.45) is 0 Å². The smallest absolute Gasteiger partial charge is 0.322 e. The fourth-order valence-electron chi connectivity index (χ4n) is 2.80. The van der Waals surface area contributed by atoms with Crippen LogP contribution >= 0.6 is 0 Å². The van der Waals surface area contributed by atoms with E-state index in [4.69, 9.17) is 0 Å². The summed E-state index contributed by atoms with van der Waals surface area (Å²) >= 11 is 0. The highest BCUT2D eigenvalue weighted by atomic mass is 16.3. The zero-order chi connectivity index (χ0) is 14.9. The zero-order valence-corrected chi connectivity index (χ0v) is 12.7. The molecule has 2 N–H and O–H groups in total. The molecule has 1 atom stereocenters. The molecule has 0 bridgehead atoms. The van der Waals surface area contributed by atoms with Crippen molar-refractivity contribution in [1.29, 1.82) is 0 Å². The van der Waals surface area contributed by atoms with Crippen LogP contribution in [0.2, 0.25) is 0 Å². The van der Waals surface area contributed by atoms with Crippen molar-refractivity contribution in [2.75, 3.05) is 11.9 Å². The summed E-state index contributed by atoms with van der Waals surface area (Å²) in [6, 6.07) is 5.77. The topological polar surface area (TPSA) is 52.6 Å². The van der Waals surface area contributed by atoms with E-state index in [1.807, 2.05) is 32.0 Å². The number of anilines is 1. The van der Waals surface area contributed by atoms with Crippen molar-refractivity contribution >= 4 is 11.7 Å². The minimum atomic E-state index is -0.866. The highest BCUT2D eigenvalue weighted by Gasteiger charge is 2.38. The highest BCUT2D eigenvalue weighted by molar-refractivity contribution is 5.90. The van der Waals surface area contributed by atoms with Crippen LogP contribution in [0.4, 0.5) is 10.5 Å². The lowest BCUT2D eigenvalue weighted by atomic mass is 9.97. The van der Waals surface area contributed by atoms with E-state index < -0.39 is 5.60 Å². The van der Waals surface area contributed by atoms with Gasteiger partial charge in [-0.1, -0.05) is 12.1 Å². The monoisotopic (exact) mass is 276 g/mol. The molecule has 1 saturated heterocycles. The average molecular weight is 276 g/mol. The Bertz CT molecular complexity index is 506. The Morgan fingerprint density at radius 1 is 1.40 bits per heavy atom. The van der Waals surface area contributed by atoms with E-state index in [-0.39, 0.29) is 12.1 Å². The molecule has 4 heteroatoms. The van der Waals surface area contributed by atoms with Crippen molar-refractivity contribution in [3.63, 3.8) is 0 Å². The van der Waals surface area contributed by atoms with Crippen LogP contribution in [0.3, 0.4) is 0 Å². The van der Waals surface area contributed by atoms with Crippen LogP contribution in [0.25, 0.3) is 0 Å². The summed E-state index contributed by atoms with van der Waals surface area (Å²) in [5.74, 6) is 0. The maximum absolute atomic E-state index is 12.4. The number of hydrogen-bond acceptors (Lipinski definition) is 2. The van der Waals surface area contributed by atoms with Crippen LogP contribution < -0.4 is 5.32 Å². The molecule has 1 fully saturated rings. The van der Waals surface area contributed by atoms with Gasteiger partial charge in [-0.15, -0.1) is 0 Å². The summed E-state index contributed by atoms with van der Waals surface area (Å²) < 4.78 is 0. The normalized spacial score (nSPS) is 19.2. The van der Waals surface area contributed by atoms with Gasteiger partial charge in [0.05, 0.1) is 11.6 Å². The standard InChI is InChI=1S/C16H24N2O2/c1-11-7-8-12(2)13(10-11)17-15(19)18-9-5-6-14(18)16(3,4)20/h7-8,10,14,20H,5-6,9H2,1-4H3,(H,17,19). The van der Waals surface area contributed by atoms with E-state index in [0.717, 1.165) is 29.7 Å². The van der Waals surface area contributed by atoms with Gasteiger partial charge in [0.2, 0.25) is 0 Å². The molecule has 0 saturated carbocycles. The summed E-state index contributed by atoms with van der Waals surface area (Å²) in [6.45, 7) is 8.21. The lowest BCUT2D eigenvalue weighted by Gasteiger charge is -2.33. The molecule has 4 nitrogen and oxygen atoms in total. The number of amides is 2. The van der Waals surface area contributed by atoms with Crippen LogP contribution in [0, 0.1) is 13.8 Å². The maximum Gasteiger partial charge on any atom is 0.322 e. The second kappa shape index (κ2) is 5.44. The summed E-state index contributed by atoms with van der Waals surface area (Å²) in [4.78, 5) is 14.2. The van der Waals surface area contributed by atoms with Gasteiger partial charge in [-0.25, -0.2) is 4.79 Å². The average Bonchev–Trinajstić information content (AvgIpc) is 2.82. The largest absolute Gasteiger partial charge is 0.388 e. The molecule has 1 aliphatic rings. The molecule has 110 valence electrons. The van der Waals surface area contributed by atoms with Gasteiger partial charge in [-0.3, -0.25) is 0 Å². The molecule has 1 aliphatic heterocycles. The lowest BCUT2D eigenvalue weighted by Crippen LogP contribution is -2.49. The Morgan fingerprint density at radius 3 is 2.75 bits per heavy atom. The SMILES string of the molecule is Cc1ccc(C)c(NC(=O)N2CCCC2C(C)(C)O)c1. The third-order valence-electron chi connectivity index (χ3n) is 3.96. The van der Waals surface area contributed by atoms with Crippen LogP contribution in [0.5, 0.6) is 0 Å². The molecule has 1 aromatic rings. The molecule has 1 unspecified atom stereocenters. The predicted molar refractivity (Wildman–Crippen MR) is 81.0 cm³/mol. The second-order valence-corrected chi connectivity index (χ2v) is 6.25. The highest BCUT2D eigenvalue weighted by Crippen LogP contribution is 2.27. The van der Waals surface area contributed by atoms with E-state index >= 15 is 0 Å². The van der Waals surface area contributed by atoms with Gasteiger partial charge >= 0.3 is 6.03 Å². The first-order valence-corrected chi connectivity index (χ1v) is 7.16. The van der Waals surface area contributed by atoms with Crippen LogP contribution in [0.15, 0.2) is 18.2 Å². The molecular formula is C16H24N2O2. The Hall–Kier alpha value is -1.55. The number of nitrogens with one attached hydrogen (secondary N) is 1. The third-order valence-corrected chi connectivity index (χ3v) is 3.96. The molecular weight excluding hydrogens is 252 g/mol. The number of aliphatic hydroxyl groups is 1. The van der Waals surface area contributed by atoms with Crippen molar-refractivity contribution < 1.29 is 9.90 Å². The van der Waals surface area contributed by atoms with Gasteiger partial charge in [0.1, 0.15) is 0 Å². The maximum atomic E-state index is 12.4. The Kier molecular flexibility index (Phi) is 4.04. The van der Waals surface area contributed by atoms with Gasteiger partial charge in [-0.05, 0) is 57.7 Å². The van der Waals surface area contributed by atoms with E-state index in [1.165, 1.54) is 0 Å². The van der Waals surface area contributed by atoms with E-state index in [9.17, 15) is 9.90 Å². The van der Waals surface area contributed by atoms with Crippen LogP contribution in [0.1, 0.15) is 37.8 Å². The third kappa shape index (κ3) is 3.12. The van der Waals surface area contributed by atoms with Crippen LogP contribution in [-0.2, 0) is 0 Å². The van der Waals surface area contributed by atoms with Gasteiger partial charge < -0.3 is 15.3 Å². The molecule has 0 aliphatic carbocycles. The molecule has 2 rings (SSSR count). The van der Waals surface area contributed by atoms with Crippen LogP contribution in [-0.4, -0.2) is 34.2 Å². The Morgan fingerprint density at radius 2 is 2.10 bits per heavy atom. The fraction of sp³-hybridized carbons (Fsp3) is 0.562. The number of likely N-dealkylation sites (tertiary alicyclic amines) is 1. The summed E-state index contributed by atoms with van der Waals surface area (Å²) in [7, 11) is 0. The number of aryl methyl sites for hydroxylation is 2. The van der Waals surface area contributed by atoms with Crippen molar-refractivity contribution in [3.05, 3.63) is 29.3 Å². The van der Waals surface area contributed by atoms with Gasteiger partial charge in [0.25, 0.3) is 0 Å². The number of urea groups is 1. The first-order chi connectivity index (χ1) is 9.29. The fourth-order valence-corrected chi connectivity index (χ4v) is 2.80. The predicted octanol–water partition coefficient (Wildman–Crippen LogP) is 3.07. The number of carbonyl (C=O) groups excluding carboxylic acids is 1. The number of benzene rings is 1. The number of hydrogen-bond donors (Lipinski definition) is 2. The minimum Gasteiger partial charge on any atom is -0.388 e. The first kappa shape index (κ1) is 14.9. The van der Waals surface area contributed by atoms with E-state index in [0.29, 0.717) is 6.54 Å². The summed E-state index contributed by atoms with van der Waals surface area (Å²) in [5.41, 5.74) is 2.14. The number of rotatable bonds is 2. The van der Waals surface area contributed by atoms with Crippen molar-refractivity contribution in [1.82, 2.24) is 4.90 Å². The first-order valence-electron chi connectivity index (χ1n) is 7.16. The molecule has 0 spiro atoms. The zero-order valence-electron chi connectivity index (χ0n) is 12.7. The van der Waals surface area contributed by atoms with Crippen molar-refractivity contribution in [2.45, 2.75) is 52.2 Å².